The minimum Gasteiger partial charge on any atom is -0.460 e. The van der Waals surface area contributed by atoms with E-state index in [2.05, 4.69) is 4.98 Å². The van der Waals surface area contributed by atoms with Gasteiger partial charge in [-0.2, -0.15) is 0 Å². The summed E-state index contributed by atoms with van der Waals surface area (Å²) in [4.78, 5) is 31.2. The Morgan fingerprint density at radius 3 is 2.27 bits per heavy atom. The number of likely N-dealkylation sites (tertiary alicyclic amines) is 1. The number of carbonyl (C=O) groups is 2. The van der Waals surface area contributed by atoms with Crippen LogP contribution in [0.15, 0.2) is 12.3 Å². The van der Waals surface area contributed by atoms with E-state index in [9.17, 15) is 18.4 Å². The Morgan fingerprint density at radius 2 is 1.77 bits per heavy atom. The smallest absolute Gasteiger partial charge is 0.410 e. The third-order valence-corrected chi connectivity index (χ3v) is 4.90. The van der Waals surface area contributed by atoms with Gasteiger partial charge in [0.1, 0.15) is 22.8 Å². The highest BCUT2D eigenvalue weighted by molar-refractivity contribution is 5.78. The summed E-state index contributed by atoms with van der Waals surface area (Å²) < 4.78 is 38.7. The highest BCUT2D eigenvalue weighted by Gasteiger charge is 2.48. The Labute approximate surface area is 176 Å². The second-order valence-corrected chi connectivity index (χ2v) is 10.0. The van der Waals surface area contributed by atoms with Gasteiger partial charge in [-0.3, -0.25) is 9.78 Å². The van der Waals surface area contributed by atoms with Gasteiger partial charge in [0.15, 0.2) is 0 Å². The zero-order valence-electron chi connectivity index (χ0n) is 18.8. The lowest BCUT2D eigenvalue weighted by atomic mass is 9.72. The molecule has 1 amide bonds. The molecule has 2 rings (SSSR count). The van der Waals surface area contributed by atoms with Gasteiger partial charge in [0.25, 0.3) is 0 Å². The number of hydrogen-bond donors (Lipinski definition) is 0. The van der Waals surface area contributed by atoms with Crippen molar-refractivity contribution >= 4 is 12.1 Å². The van der Waals surface area contributed by atoms with E-state index in [4.69, 9.17) is 9.47 Å². The molecule has 0 aromatic carbocycles. The molecule has 0 aliphatic carbocycles. The molecule has 1 fully saturated rings. The number of nitrogens with zero attached hydrogens (tertiary/aromatic N) is 2. The molecule has 2 atom stereocenters. The number of carbonyl (C=O) groups excluding carboxylic acids is 2. The number of piperidine rings is 1. The first-order valence-corrected chi connectivity index (χ1v) is 10.1. The van der Waals surface area contributed by atoms with Crippen molar-refractivity contribution in [2.45, 2.75) is 85.0 Å². The zero-order valence-corrected chi connectivity index (χ0v) is 18.8. The lowest BCUT2D eigenvalue weighted by molar-refractivity contribution is -0.172. The quantitative estimate of drug-likeness (QED) is 0.658. The molecule has 1 aliphatic heterocycles. The molecule has 0 spiro atoms. The van der Waals surface area contributed by atoms with Gasteiger partial charge in [-0.05, 0) is 61.3 Å². The highest BCUT2D eigenvalue weighted by atomic mass is 19.1. The minimum atomic E-state index is -1.09. The number of pyridine rings is 1. The Bertz CT molecular complexity index is 801. The molecule has 0 bridgehead atoms. The average molecular weight is 427 g/mol. The van der Waals surface area contributed by atoms with Crippen molar-refractivity contribution in [3.8, 4) is 0 Å². The van der Waals surface area contributed by atoms with Gasteiger partial charge in [-0.1, -0.05) is 0 Å². The normalized spacial score (nSPS) is 22.6. The van der Waals surface area contributed by atoms with Gasteiger partial charge >= 0.3 is 12.1 Å². The topological polar surface area (TPSA) is 68.7 Å². The number of ether oxygens (including phenoxy) is 2. The summed E-state index contributed by atoms with van der Waals surface area (Å²) in [6.45, 7) is 12.7. The summed E-state index contributed by atoms with van der Waals surface area (Å²) in [7, 11) is 0. The van der Waals surface area contributed by atoms with E-state index in [1.807, 2.05) is 6.92 Å². The maximum Gasteiger partial charge on any atom is 0.410 e. The van der Waals surface area contributed by atoms with Gasteiger partial charge in [-0.15, -0.1) is 0 Å². The van der Waals surface area contributed by atoms with Crippen LogP contribution in [0.4, 0.5) is 13.6 Å². The number of rotatable bonds is 3. The predicted molar refractivity (Wildman–Crippen MR) is 108 cm³/mol. The van der Waals surface area contributed by atoms with Crippen LogP contribution < -0.4 is 0 Å². The fourth-order valence-corrected chi connectivity index (χ4v) is 3.62. The fraction of sp³-hybridized carbons (Fsp3) is 0.682. The molecule has 8 heteroatoms. The Hall–Kier alpha value is -2.25. The van der Waals surface area contributed by atoms with Crippen LogP contribution in [0.3, 0.4) is 0 Å². The molecule has 0 N–H and O–H groups in total. The molecule has 30 heavy (non-hydrogen) atoms. The average Bonchev–Trinajstić information content (AvgIpc) is 2.54. The number of esters is 1. The van der Waals surface area contributed by atoms with Gasteiger partial charge in [-0.25, -0.2) is 13.6 Å². The standard InChI is InChI=1S/C22H32F2N2O4/c1-14-11-22(18(27)29-20(2,3)4,12-17-16(24)10-15(23)13-25-17)8-9-26(14)19(28)30-21(5,6)7/h10,13-14H,8-9,11-12H2,1-7H3/t14-,22-/m1/s1. The Morgan fingerprint density at radius 1 is 1.17 bits per heavy atom. The third-order valence-electron chi connectivity index (χ3n) is 4.90. The number of hydrogen-bond acceptors (Lipinski definition) is 5. The molecule has 1 aromatic rings. The van der Waals surface area contributed by atoms with E-state index in [1.165, 1.54) is 0 Å². The van der Waals surface area contributed by atoms with Crippen LogP contribution in [0.25, 0.3) is 0 Å². The number of aromatic nitrogens is 1. The van der Waals surface area contributed by atoms with Gasteiger partial charge in [0, 0.05) is 25.1 Å². The molecule has 1 aromatic heterocycles. The van der Waals surface area contributed by atoms with Crippen molar-refractivity contribution in [1.29, 1.82) is 0 Å². The lowest BCUT2D eigenvalue weighted by Crippen LogP contribution is -2.54. The Balaban J connectivity index is 2.32. The molecule has 1 aliphatic rings. The SMILES string of the molecule is C[C@@H]1C[C@](Cc2ncc(F)cc2F)(C(=O)OC(C)(C)C)CCN1C(=O)OC(C)(C)C. The highest BCUT2D eigenvalue weighted by Crippen LogP contribution is 2.41. The van der Waals surface area contributed by atoms with Crippen molar-refractivity contribution < 1.29 is 27.8 Å². The van der Waals surface area contributed by atoms with Crippen LogP contribution in [0.1, 0.15) is 67.0 Å². The summed E-state index contributed by atoms with van der Waals surface area (Å²) in [6, 6.07) is 0.411. The Kier molecular flexibility index (Phi) is 6.79. The van der Waals surface area contributed by atoms with E-state index < -0.39 is 40.3 Å². The maximum atomic E-state index is 14.3. The summed E-state index contributed by atoms with van der Waals surface area (Å²) in [5.74, 6) is -2.06. The van der Waals surface area contributed by atoms with Crippen LogP contribution in [0.5, 0.6) is 0 Å². The second-order valence-electron chi connectivity index (χ2n) is 10.0. The summed E-state index contributed by atoms with van der Waals surface area (Å²) in [5, 5.41) is 0. The third kappa shape index (κ3) is 6.12. The maximum absolute atomic E-state index is 14.3. The first-order valence-electron chi connectivity index (χ1n) is 10.1. The largest absolute Gasteiger partial charge is 0.460 e. The summed E-state index contributed by atoms with van der Waals surface area (Å²) in [6.07, 6.45) is 0.934. The van der Waals surface area contributed by atoms with Crippen molar-refractivity contribution in [2.24, 2.45) is 5.41 Å². The van der Waals surface area contributed by atoms with E-state index in [-0.39, 0.29) is 37.5 Å². The predicted octanol–water partition coefficient (Wildman–Crippen LogP) is 4.65. The first-order chi connectivity index (χ1) is 13.6. The van der Waals surface area contributed by atoms with Crippen LogP contribution in [0.2, 0.25) is 0 Å². The monoisotopic (exact) mass is 426 g/mol. The fourth-order valence-electron chi connectivity index (χ4n) is 3.62. The van der Waals surface area contributed by atoms with Gasteiger partial charge in [0.2, 0.25) is 0 Å². The van der Waals surface area contributed by atoms with Crippen molar-refractivity contribution in [2.75, 3.05) is 6.54 Å². The molecule has 168 valence electrons. The molecule has 0 saturated carbocycles. The van der Waals surface area contributed by atoms with E-state index in [0.29, 0.717) is 0 Å². The molecule has 1 saturated heterocycles. The summed E-state index contributed by atoms with van der Waals surface area (Å²) >= 11 is 0. The van der Waals surface area contributed by atoms with Crippen molar-refractivity contribution in [3.05, 3.63) is 29.6 Å². The van der Waals surface area contributed by atoms with Crippen LogP contribution >= 0.6 is 0 Å². The van der Waals surface area contributed by atoms with Gasteiger partial charge in [0.05, 0.1) is 17.3 Å². The molecule has 0 unspecified atom stereocenters. The molecule has 6 nitrogen and oxygen atoms in total. The molecule has 2 heterocycles. The number of amides is 1. The van der Waals surface area contributed by atoms with Crippen molar-refractivity contribution in [1.82, 2.24) is 9.88 Å². The first kappa shape index (κ1) is 24.0. The van der Waals surface area contributed by atoms with Crippen LogP contribution in [-0.2, 0) is 20.7 Å². The lowest BCUT2D eigenvalue weighted by Gasteiger charge is -2.44. The second kappa shape index (κ2) is 8.47. The van der Waals surface area contributed by atoms with Crippen molar-refractivity contribution in [3.63, 3.8) is 0 Å². The van der Waals surface area contributed by atoms with Crippen LogP contribution in [-0.4, -0.2) is 45.7 Å². The summed E-state index contributed by atoms with van der Waals surface area (Å²) in [5.41, 5.74) is -2.46. The molecule has 0 radical (unpaired) electrons. The van der Waals surface area contributed by atoms with E-state index >= 15 is 0 Å². The number of halogens is 2. The molecular weight excluding hydrogens is 394 g/mol. The van der Waals surface area contributed by atoms with Crippen LogP contribution in [0, 0.1) is 17.0 Å². The minimum absolute atomic E-state index is 0.000164. The zero-order chi connectivity index (χ0) is 22.9. The van der Waals surface area contributed by atoms with Gasteiger partial charge < -0.3 is 14.4 Å². The van der Waals surface area contributed by atoms with E-state index in [0.717, 1.165) is 12.3 Å². The molecular formula is C22H32F2N2O4. The van der Waals surface area contributed by atoms with E-state index in [1.54, 1.807) is 46.4 Å².